The average Bonchev–Trinajstić information content (AvgIpc) is 2.73. The lowest BCUT2D eigenvalue weighted by atomic mass is 9.88. The molecular formula is C16H27ClFIN2. The van der Waals surface area contributed by atoms with Crippen molar-refractivity contribution >= 4 is 34.2 Å². The van der Waals surface area contributed by atoms with Crippen LogP contribution in [0.4, 0.5) is 4.39 Å². The fraction of sp³-hybridized carbons (Fsp3) is 0.812. The molecule has 0 aliphatic carbocycles. The third kappa shape index (κ3) is 5.38. The summed E-state index contributed by atoms with van der Waals surface area (Å²) in [5, 5.41) is 4.51. The van der Waals surface area contributed by atoms with Crippen LogP contribution in [0.1, 0.15) is 78.6 Å². The third-order valence-electron chi connectivity index (χ3n) is 4.14. The van der Waals surface area contributed by atoms with E-state index >= 15 is 0 Å². The Bertz CT molecular complexity index is 436. The molecule has 21 heavy (non-hydrogen) atoms. The molecule has 0 saturated carbocycles. The first-order valence-corrected chi connectivity index (χ1v) is 9.52. The van der Waals surface area contributed by atoms with Gasteiger partial charge in [0.05, 0.1) is 5.54 Å². The van der Waals surface area contributed by atoms with Crippen molar-refractivity contribution in [3.8, 4) is 0 Å². The van der Waals surface area contributed by atoms with E-state index in [0.29, 0.717) is 3.70 Å². The summed E-state index contributed by atoms with van der Waals surface area (Å²) < 4.78 is 16.0. The normalized spacial score (nSPS) is 14.4. The Morgan fingerprint density at radius 1 is 1.10 bits per heavy atom. The minimum absolute atomic E-state index is 0.159. The Morgan fingerprint density at radius 2 is 1.67 bits per heavy atom. The van der Waals surface area contributed by atoms with Crippen molar-refractivity contribution in [2.75, 3.05) is 0 Å². The lowest BCUT2D eigenvalue weighted by Crippen LogP contribution is -2.31. The first-order valence-electron chi connectivity index (χ1n) is 8.06. The highest BCUT2D eigenvalue weighted by Gasteiger charge is 2.31. The minimum atomic E-state index is -0.383. The van der Waals surface area contributed by atoms with Crippen LogP contribution >= 0.6 is 34.2 Å². The van der Waals surface area contributed by atoms with Crippen LogP contribution in [-0.4, -0.2) is 9.78 Å². The van der Waals surface area contributed by atoms with Gasteiger partial charge in [-0.05, 0) is 42.4 Å². The molecule has 1 unspecified atom stereocenters. The van der Waals surface area contributed by atoms with Crippen LogP contribution in [0, 0.1) is 9.52 Å². The van der Waals surface area contributed by atoms with Crippen molar-refractivity contribution in [3.63, 3.8) is 0 Å². The van der Waals surface area contributed by atoms with Crippen LogP contribution in [0.25, 0.3) is 0 Å². The molecular weight excluding hydrogens is 402 g/mol. The van der Waals surface area contributed by atoms with Crippen molar-refractivity contribution in [1.29, 1.82) is 0 Å². The standard InChI is InChI=1S/C16H27ClFIN2/c1-4-6-8-9-10-12-16(3,11-7-5-2)21-14(17)13(18)15(19)20-21/h4-12H2,1-3H3. The highest BCUT2D eigenvalue weighted by molar-refractivity contribution is 14.1. The van der Waals surface area contributed by atoms with E-state index in [1.165, 1.54) is 25.7 Å². The summed E-state index contributed by atoms with van der Waals surface area (Å²) in [6, 6.07) is 0. The second kappa shape index (κ2) is 9.33. The van der Waals surface area contributed by atoms with Gasteiger partial charge in [-0.3, -0.25) is 0 Å². The molecule has 0 aromatic carbocycles. The van der Waals surface area contributed by atoms with Crippen molar-refractivity contribution in [3.05, 3.63) is 14.7 Å². The molecule has 0 N–H and O–H groups in total. The molecule has 0 amide bonds. The Morgan fingerprint density at radius 3 is 2.19 bits per heavy atom. The SMILES string of the molecule is CCCCCCCC(C)(CCCC)n1nc(I)c(F)c1Cl. The minimum Gasteiger partial charge on any atom is -0.244 e. The van der Waals surface area contributed by atoms with Crippen molar-refractivity contribution in [2.24, 2.45) is 0 Å². The quantitative estimate of drug-likeness (QED) is 0.305. The predicted octanol–water partition coefficient (Wildman–Crippen LogP) is 6.55. The molecule has 0 radical (unpaired) electrons. The Kier molecular flexibility index (Phi) is 8.54. The maximum absolute atomic E-state index is 13.9. The lowest BCUT2D eigenvalue weighted by Gasteiger charge is -2.31. The highest BCUT2D eigenvalue weighted by atomic mass is 127. The molecule has 0 spiro atoms. The molecule has 122 valence electrons. The summed E-state index contributed by atoms with van der Waals surface area (Å²) >= 11 is 8.07. The van der Waals surface area contributed by atoms with Gasteiger partial charge in [0, 0.05) is 0 Å². The predicted molar refractivity (Wildman–Crippen MR) is 96.5 cm³/mol. The number of nitrogens with zero attached hydrogens (tertiary/aromatic N) is 2. The molecule has 0 aliphatic rings. The summed E-state index contributed by atoms with van der Waals surface area (Å²) in [5.41, 5.74) is -0.177. The Balaban J connectivity index is 2.79. The van der Waals surface area contributed by atoms with E-state index in [1.54, 1.807) is 4.68 Å². The van der Waals surface area contributed by atoms with Crippen LogP contribution in [0.15, 0.2) is 0 Å². The van der Waals surface area contributed by atoms with Gasteiger partial charge < -0.3 is 0 Å². The van der Waals surface area contributed by atoms with Gasteiger partial charge in [0.25, 0.3) is 0 Å². The van der Waals surface area contributed by atoms with Crippen molar-refractivity contribution in [2.45, 2.75) is 84.1 Å². The van der Waals surface area contributed by atoms with Crippen LogP contribution in [0.2, 0.25) is 5.15 Å². The van der Waals surface area contributed by atoms with Gasteiger partial charge >= 0.3 is 0 Å². The summed E-state index contributed by atoms with van der Waals surface area (Å²) in [4.78, 5) is 0. The molecule has 5 heteroatoms. The zero-order valence-electron chi connectivity index (χ0n) is 13.4. The first kappa shape index (κ1) is 19.2. The summed E-state index contributed by atoms with van der Waals surface area (Å²) in [7, 11) is 0. The maximum Gasteiger partial charge on any atom is 0.193 e. The number of hydrogen-bond acceptors (Lipinski definition) is 1. The average molecular weight is 429 g/mol. The van der Waals surface area contributed by atoms with Gasteiger partial charge in [0.1, 0.15) is 0 Å². The molecule has 1 aromatic rings. The van der Waals surface area contributed by atoms with Gasteiger partial charge in [-0.2, -0.15) is 5.10 Å². The van der Waals surface area contributed by atoms with E-state index in [9.17, 15) is 4.39 Å². The first-order chi connectivity index (χ1) is 9.96. The summed E-state index contributed by atoms with van der Waals surface area (Å²) in [6.45, 7) is 6.56. The molecule has 1 rings (SSSR count). The molecule has 0 bridgehead atoms. The van der Waals surface area contributed by atoms with E-state index < -0.39 is 0 Å². The largest absolute Gasteiger partial charge is 0.244 e. The second-order valence-electron chi connectivity index (χ2n) is 6.07. The third-order valence-corrected chi connectivity index (χ3v) is 5.15. The van der Waals surface area contributed by atoms with Crippen molar-refractivity contribution < 1.29 is 4.39 Å². The van der Waals surface area contributed by atoms with Gasteiger partial charge in [-0.25, -0.2) is 9.07 Å². The molecule has 1 atom stereocenters. The van der Waals surface area contributed by atoms with E-state index in [1.807, 2.05) is 22.6 Å². The number of halogens is 3. The number of unbranched alkanes of at least 4 members (excludes halogenated alkanes) is 5. The van der Waals surface area contributed by atoms with Crippen molar-refractivity contribution in [1.82, 2.24) is 9.78 Å². The van der Waals surface area contributed by atoms with Gasteiger partial charge in [-0.1, -0.05) is 70.4 Å². The van der Waals surface area contributed by atoms with Crippen LogP contribution in [0.5, 0.6) is 0 Å². The number of rotatable bonds is 10. The maximum atomic E-state index is 13.9. The Hall–Kier alpha value is 0.160. The summed E-state index contributed by atoms with van der Waals surface area (Å²) in [6.07, 6.45) is 10.4. The zero-order valence-corrected chi connectivity index (χ0v) is 16.3. The fourth-order valence-electron chi connectivity index (χ4n) is 2.72. The topological polar surface area (TPSA) is 17.8 Å². The van der Waals surface area contributed by atoms with Crippen LogP contribution in [-0.2, 0) is 5.54 Å². The van der Waals surface area contributed by atoms with E-state index in [0.717, 1.165) is 32.1 Å². The van der Waals surface area contributed by atoms with E-state index in [2.05, 4.69) is 25.9 Å². The molecule has 1 heterocycles. The molecule has 0 saturated heterocycles. The van der Waals surface area contributed by atoms with E-state index in [-0.39, 0.29) is 16.5 Å². The highest BCUT2D eigenvalue weighted by Crippen LogP contribution is 2.34. The Labute approximate surface area is 147 Å². The fourth-order valence-corrected chi connectivity index (χ4v) is 3.68. The lowest BCUT2D eigenvalue weighted by molar-refractivity contribution is 0.228. The van der Waals surface area contributed by atoms with Crippen LogP contribution < -0.4 is 0 Å². The summed E-state index contributed by atoms with van der Waals surface area (Å²) in [5.74, 6) is -0.383. The molecule has 1 aromatic heterocycles. The van der Waals surface area contributed by atoms with Gasteiger partial charge in [0.15, 0.2) is 14.7 Å². The second-order valence-corrected chi connectivity index (χ2v) is 7.45. The van der Waals surface area contributed by atoms with Crippen LogP contribution in [0.3, 0.4) is 0 Å². The molecule has 0 fully saturated rings. The molecule has 0 aliphatic heterocycles. The number of aromatic nitrogens is 2. The van der Waals surface area contributed by atoms with Gasteiger partial charge in [0.2, 0.25) is 0 Å². The van der Waals surface area contributed by atoms with Gasteiger partial charge in [-0.15, -0.1) is 0 Å². The molecule has 2 nitrogen and oxygen atoms in total. The monoisotopic (exact) mass is 428 g/mol. The number of hydrogen-bond donors (Lipinski definition) is 0. The van der Waals surface area contributed by atoms with E-state index in [4.69, 9.17) is 11.6 Å². The smallest absolute Gasteiger partial charge is 0.193 e. The zero-order chi connectivity index (χ0) is 15.9.